The number of rotatable bonds is 10. The van der Waals surface area contributed by atoms with Gasteiger partial charge in [0.1, 0.15) is 36.6 Å². The first-order valence-corrected chi connectivity index (χ1v) is 9.28. The molecule has 27 heavy (non-hydrogen) atoms. The topological polar surface area (TPSA) is 82.1 Å². The lowest BCUT2D eigenvalue weighted by Gasteiger charge is -2.12. The number of hydrogen-bond acceptors (Lipinski definition) is 7. The average Bonchev–Trinajstić information content (AvgIpc) is 3.18. The van der Waals surface area contributed by atoms with E-state index >= 15 is 0 Å². The van der Waals surface area contributed by atoms with E-state index in [0.29, 0.717) is 15.5 Å². The van der Waals surface area contributed by atoms with E-state index in [0.717, 1.165) is 23.8 Å². The van der Waals surface area contributed by atoms with Gasteiger partial charge in [0.15, 0.2) is 0 Å². The Morgan fingerprint density at radius 3 is 2.56 bits per heavy atom. The fraction of sp³-hybridized carbons (Fsp3) is 0.300. The second-order valence-electron chi connectivity index (χ2n) is 5.64. The molecule has 7 heteroatoms. The molecule has 0 saturated carbocycles. The van der Waals surface area contributed by atoms with E-state index in [4.69, 9.17) is 14.2 Å². The zero-order valence-corrected chi connectivity index (χ0v) is 15.9. The Hall–Kier alpha value is -2.64. The molecular weight excluding hydrogens is 368 g/mol. The maximum Gasteiger partial charge on any atom is 0.348 e. The number of benzene rings is 1. The van der Waals surface area contributed by atoms with Crippen molar-refractivity contribution < 1.29 is 28.9 Å². The number of aryl methyl sites for hydroxylation is 1. The molecule has 0 bridgehead atoms. The normalized spacial score (nSPS) is 11.5. The highest BCUT2D eigenvalue weighted by Crippen LogP contribution is 2.19. The molecule has 0 amide bonds. The summed E-state index contributed by atoms with van der Waals surface area (Å²) in [7, 11) is 0. The number of carbonyl (C=O) groups excluding carboxylic acids is 2. The first-order valence-electron chi connectivity index (χ1n) is 8.46. The molecular formula is C20H22O6S. The second-order valence-corrected chi connectivity index (χ2v) is 6.81. The average molecular weight is 390 g/mol. The highest BCUT2D eigenvalue weighted by molar-refractivity contribution is 7.13. The summed E-state index contributed by atoms with van der Waals surface area (Å²) < 4.78 is 15.5. The minimum absolute atomic E-state index is 0.0198. The van der Waals surface area contributed by atoms with E-state index in [2.05, 4.69) is 13.5 Å². The number of thiophene rings is 1. The van der Waals surface area contributed by atoms with Crippen molar-refractivity contribution in [2.24, 2.45) is 0 Å². The first kappa shape index (κ1) is 20.7. The number of esters is 2. The number of aliphatic hydroxyl groups excluding tert-OH is 1. The van der Waals surface area contributed by atoms with Crippen LogP contribution in [0.1, 0.15) is 27.0 Å². The fourth-order valence-corrected chi connectivity index (χ4v) is 2.89. The molecule has 1 atom stereocenters. The van der Waals surface area contributed by atoms with Gasteiger partial charge in [-0.25, -0.2) is 9.59 Å². The van der Waals surface area contributed by atoms with Crippen molar-refractivity contribution in [2.75, 3.05) is 13.2 Å². The van der Waals surface area contributed by atoms with E-state index in [1.807, 2.05) is 24.3 Å². The molecule has 0 aliphatic carbocycles. The summed E-state index contributed by atoms with van der Waals surface area (Å²) in [5.74, 6) is -0.429. The summed E-state index contributed by atoms with van der Waals surface area (Å²) in [5, 5.41) is 9.92. The van der Waals surface area contributed by atoms with Gasteiger partial charge in [0.05, 0.1) is 0 Å². The molecule has 2 rings (SSSR count). The zero-order valence-electron chi connectivity index (χ0n) is 15.1. The van der Waals surface area contributed by atoms with E-state index < -0.39 is 18.0 Å². The number of carbonyl (C=O) groups is 2. The minimum Gasteiger partial charge on any atom is -0.491 e. The molecule has 1 aromatic heterocycles. The molecule has 0 aliphatic rings. The number of ether oxygens (including phenoxy) is 3. The summed E-state index contributed by atoms with van der Waals surface area (Å²) in [6.45, 7) is 5.29. The van der Waals surface area contributed by atoms with Crippen LogP contribution in [0.25, 0.3) is 0 Å². The Labute approximate surface area is 162 Å². The van der Waals surface area contributed by atoms with Crippen LogP contribution in [0.15, 0.2) is 49.1 Å². The van der Waals surface area contributed by atoms with Crippen LogP contribution >= 0.6 is 11.3 Å². The van der Waals surface area contributed by atoms with Crippen LogP contribution in [0, 0.1) is 0 Å². The van der Waals surface area contributed by atoms with Crippen molar-refractivity contribution in [3.05, 3.63) is 64.4 Å². The van der Waals surface area contributed by atoms with Gasteiger partial charge in [-0.05, 0) is 36.2 Å². The van der Waals surface area contributed by atoms with Crippen molar-refractivity contribution in [2.45, 2.75) is 26.1 Å². The highest BCUT2D eigenvalue weighted by Gasteiger charge is 2.14. The maximum absolute atomic E-state index is 12.0. The lowest BCUT2D eigenvalue weighted by Crippen LogP contribution is -2.25. The molecule has 1 heterocycles. The third-order valence-corrected chi connectivity index (χ3v) is 4.61. The van der Waals surface area contributed by atoms with Gasteiger partial charge in [0.25, 0.3) is 0 Å². The Morgan fingerprint density at radius 1 is 1.15 bits per heavy atom. The predicted octanol–water partition coefficient (Wildman–Crippen LogP) is 3.14. The lowest BCUT2D eigenvalue weighted by molar-refractivity contribution is -0.138. The Morgan fingerprint density at radius 2 is 1.89 bits per heavy atom. The lowest BCUT2D eigenvalue weighted by atomic mass is 10.2. The van der Waals surface area contributed by atoms with Crippen molar-refractivity contribution >= 4 is 23.3 Å². The van der Waals surface area contributed by atoms with Gasteiger partial charge < -0.3 is 19.3 Å². The van der Waals surface area contributed by atoms with Gasteiger partial charge in [-0.2, -0.15) is 0 Å². The van der Waals surface area contributed by atoms with E-state index in [-0.39, 0.29) is 19.8 Å². The molecule has 1 unspecified atom stereocenters. The standard InChI is InChI=1S/C20H22O6S/c1-3-14-5-7-16(8-6-14)24-11-15(21)12-26-20(23)18-10-9-17(27-18)13-25-19(22)4-2/h4-10,15,21H,2-3,11-13H2,1H3. The Bertz CT molecular complexity index is 765. The summed E-state index contributed by atoms with van der Waals surface area (Å²) in [5.41, 5.74) is 1.20. The Balaban J connectivity index is 1.73. The first-order chi connectivity index (χ1) is 13.0. The number of aliphatic hydroxyl groups is 1. The third kappa shape index (κ3) is 6.88. The molecule has 0 spiro atoms. The van der Waals surface area contributed by atoms with Gasteiger partial charge in [-0.1, -0.05) is 25.6 Å². The van der Waals surface area contributed by atoms with Crippen LogP contribution in [-0.2, 0) is 27.3 Å². The highest BCUT2D eigenvalue weighted by atomic mass is 32.1. The molecule has 1 N–H and O–H groups in total. The summed E-state index contributed by atoms with van der Waals surface area (Å²) in [6.07, 6.45) is 1.08. The number of hydrogen-bond donors (Lipinski definition) is 1. The molecule has 0 aliphatic heterocycles. The second kappa shape index (κ2) is 10.5. The summed E-state index contributed by atoms with van der Waals surface area (Å²) >= 11 is 1.16. The van der Waals surface area contributed by atoms with Crippen LogP contribution in [0.5, 0.6) is 5.75 Å². The molecule has 0 fully saturated rings. The Kier molecular flexibility index (Phi) is 8.03. The molecule has 2 aromatic rings. The molecule has 1 aromatic carbocycles. The predicted molar refractivity (Wildman–Crippen MR) is 102 cm³/mol. The molecule has 6 nitrogen and oxygen atoms in total. The third-order valence-electron chi connectivity index (χ3n) is 3.57. The van der Waals surface area contributed by atoms with E-state index in [9.17, 15) is 14.7 Å². The van der Waals surface area contributed by atoms with Gasteiger partial charge in [-0.15, -0.1) is 11.3 Å². The van der Waals surface area contributed by atoms with Gasteiger partial charge in [0.2, 0.25) is 0 Å². The molecule has 0 radical (unpaired) electrons. The van der Waals surface area contributed by atoms with Crippen molar-refractivity contribution in [3.8, 4) is 5.75 Å². The van der Waals surface area contributed by atoms with Gasteiger partial charge in [-0.3, -0.25) is 0 Å². The monoisotopic (exact) mass is 390 g/mol. The molecule has 0 saturated heterocycles. The molecule has 144 valence electrons. The van der Waals surface area contributed by atoms with Gasteiger partial charge in [0, 0.05) is 11.0 Å². The van der Waals surface area contributed by atoms with Crippen LogP contribution < -0.4 is 4.74 Å². The SMILES string of the molecule is C=CC(=O)OCc1ccc(C(=O)OCC(O)COc2ccc(CC)cc2)s1. The fourth-order valence-electron chi connectivity index (χ4n) is 2.07. The quantitative estimate of drug-likeness (QED) is 0.496. The van der Waals surface area contributed by atoms with Crippen molar-refractivity contribution in [1.29, 1.82) is 0 Å². The van der Waals surface area contributed by atoms with Crippen molar-refractivity contribution in [1.82, 2.24) is 0 Å². The van der Waals surface area contributed by atoms with Crippen molar-refractivity contribution in [3.63, 3.8) is 0 Å². The zero-order chi connectivity index (χ0) is 19.6. The van der Waals surface area contributed by atoms with Crippen LogP contribution in [0.2, 0.25) is 0 Å². The van der Waals surface area contributed by atoms with Gasteiger partial charge >= 0.3 is 11.9 Å². The van der Waals surface area contributed by atoms with Crippen LogP contribution in [0.3, 0.4) is 0 Å². The van der Waals surface area contributed by atoms with Crippen LogP contribution in [0.4, 0.5) is 0 Å². The smallest absolute Gasteiger partial charge is 0.348 e. The maximum atomic E-state index is 12.0. The summed E-state index contributed by atoms with van der Waals surface area (Å²) in [6, 6.07) is 10.9. The van der Waals surface area contributed by atoms with E-state index in [1.165, 1.54) is 5.56 Å². The van der Waals surface area contributed by atoms with Crippen LogP contribution in [-0.4, -0.2) is 36.4 Å². The summed E-state index contributed by atoms with van der Waals surface area (Å²) in [4.78, 5) is 24.1. The largest absolute Gasteiger partial charge is 0.491 e. The minimum atomic E-state index is -0.937. The van der Waals surface area contributed by atoms with E-state index in [1.54, 1.807) is 12.1 Å².